The number of esters is 1. The number of rotatable bonds is 6. The number of aryl methyl sites for hydroxylation is 1. The number of H-pyrrole nitrogens is 1. The highest BCUT2D eigenvalue weighted by Gasteiger charge is 2.31. The number of halogens is 2. The molecular weight excluding hydrogens is 455 g/mol. The van der Waals surface area contributed by atoms with Crippen molar-refractivity contribution in [3.8, 4) is 0 Å². The Morgan fingerprint density at radius 2 is 1.85 bits per heavy atom. The van der Waals surface area contributed by atoms with Crippen LogP contribution >= 0.6 is 23.2 Å². The Morgan fingerprint density at radius 3 is 2.52 bits per heavy atom. The van der Waals surface area contributed by atoms with E-state index in [4.69, 9.17) is 33.7 Å². The quantitative estimate of drug-likeness (QED) is 0.353. The summed E-state index contributed by atoms with van der Waals surface area (Å²) in [5.41, 5.74) is 10.5. The van der Waals surface area contributed by atoms with Crippen molar-refractivity contribution >= 4 is 40.1 Å². The lowest BCUT2D eigenvalue weighted by atomic mass is 9.73. The minimum atomic E-state index is -0.579. The molecular formula is C27H32Cl2N2O2. The van der Waals surface area contributed by atoms with Crippen molar-refractivity contribution in [1.82, 2.24) is 4.98 Å². The summed E-state index contributed by atoms with van der Waals surface area (Å²) in [6.45, 7) is 5.84. The number of aromatic amines is 1. The van der Waals surface area contributed by atoms with E-state index in [-0.39, 0.29) is 5.54 Å². The Labute approximate surface area is 205 Å². The standard InChI is InChI=1S/C27H32Cl2N2O2/c1-16-24(26(32)33-17(2)25-21(28)10-7-11-22(25)29)20-14-18(12-13-23(20)31-16)15-27(3,30)19-8-5-4-6-9-19/h7,10-14,17,19,31H,4-6,8-9,15,30H2,1-3H3. The number of hydrogen-bond acceptors (Lipinski definition) is 3. The molecule has 1 aliphatic rings. The van der Waals surface area contributed by atoms with Gasteiger partial charge in [-0.15, -0.1) is 0 Å². The molecule has 1 aliphatic carbocycles. The number of carbonyl (C=O) groups excluding carboxylic acids is 1. The number of fused-ring (bicyclic) bond motifs is 1. The van der Waals surface area contributed by atoms with E-state index in [2.05, 4.69) is 24.0 Å². The molecule has 1 aromatic heterocycles. The summed E-state index contributed by atoms with van der Waals surface area (Å²) in [6.07, 6.45) is 6.42. The van der Waals surface area contributed by atoms with Crippen molar-refractivity contribution in [3.05, 3.63) is 68.8 Å². The second-order valence-corrected chi connectivity index (χ2v) is 10.5. The van der Waals surface area contributed by atoms with Gasteiger partial charge in [0.05, 0.1) is 5.56 Å². The van der Waals surface area contributed by atoms with Gasteiger partial charge in [0.15, 0.2) is 0 Å². The fourth-order valence-electron chi connectivity index (χ4n) is 5.27. The van der Waals surface area contributed by atoms with Crippen molar-refractivity contribution in [2.75, 3.05) is 0 Å². The third-order valence-corrected chi connectivity index (χ3v) is 7.73. The van der Waals surface area contributed by atoms with Gasteiger partial charge in [-0.05, 0) is 75.8 Å². The first-order valence-corrected chi connectivity index (χ1v) is 12.5. The fraction of sp³-hybridized carbons (Fsp3) is 0.444. The van der Waals surface area contributed by atoms with Crippen LogP contribution in [0.1, 0.15) is 79.2 Å². The van der Waals surface area contributed by atoms with Gasteiger partial charge in [-0.1, -0.05) is 54.6 Å². The predicted octanol–water partition coefficient (Wildman–Crippen LogP) is 7.54. The minimum Gasteiger partial charge on any atom is -0.454 e. The molecule has 3 aromatic rings. The van der Waals surface area contributed by atoms with Gasteiger partial charge in [-0.25, -0.2) is 4.79 Å². The molecule has 1 fully saturated rings. The molecule has 0 amide bonds. The zero-order valence-electron chi connectivity index (χ0n) is 19.5. The second-order valence-electron chi connectivity index (χ2n) is 9.71. The molecule has 0 spiro atoms. The van der Waals surface area contributed by atoms with Crippen molar-refractivity contribution in [2.24, 2.45) is 11.7 Å². The molecule has 176 valence electrons. The van der Waals surface area contributed by atoms with Crippen LogP contribution in [0, 0.1) is 12.8 Å². The van der Waals surface area contributed by atoms with Gasteiger partial charge in [-0.3, -0.25) is 0 Å². The minimum absolute atomic E-state index is 0.268. The third-order valence-electron chi connectivity index (χ3n) is 7.07. The molecule has 33 heavy (non-hydrogen) atoms. The van der Waals surface area contributed by atoms with E-state index in [1.54, 1.807) is 25.1 Å². The summed E-state index contributed by atoms with van der Waals surface area (Å²) < 4.78 is 5.81. The smallest absolute Gasteiger partial charge is 0.341 e. The Kier molecular flexibility index (Phi) is 7.09. The van der Waals surface area contributed by atoms with E-state index in [0.29, 0.717) is 27.1 Å². The number of benzene rings is 2. The summed E-state index contributed by atoms with van der Waals surface area (Å²) in [6, 6.07) is 11.5. The predicted molar refractivity (Wildman–Crippen MR) is 136 cm³/mol. The van der Waals surface area contributed by atoms with E-state index >= 15 is 0 Å². The average Bonchev–Trinajstić information content (AvgIpc) is 3.09. The van der Waals surface area contributed by atoms with Crippen LogP contribution in [0.2, 0.25) is 10.0 Å². The van der Waals surface area contributed by atoms with Gasteiger partial charge in [0.1, 0.15) is 6.10 Å². The highest BCUT2D eigenvalue weighted by Crippen LogP contribution is 2.36. The Bertz CT molecular complexity index is 1140. The van der Waals surface area contributed by atoms with Crippen LogP contribution in [0.3, 0.4) is 0 Å². The Hall–Kier alpha value is -2.01. The molecule has 2 atom stereocenters. The molecule has 0 bridgehead atoms. The maximum absolute atomic E-state index is 13.2. The number of nitrogens with two attached hydrogens (primary N) is 1. The Balaban J connectivity index is 1.60. The first-order chi connectivity index (χ1) is 15.7. The van der Waals surface area contributed by atoms with Crippen molar-refractivity contribution in [3.63, 3.8) is 0 Å². The van der Waals surface area contributed by atoms with Crippen LogP contribution in [0.15, 0.2) is 36.4 Å². The normalized spacial score (nSPS) is 17.6. The van der Waals surface area contributed by atoms with E-state index in [1.165, 1.54) is 32.1 Å². The molecule has 4 rings (SSSR count). The maximum Gasteiger partial charge on any atom is 0.341 e. The molecule has 4 nitrogen and oxygen atoms in total. The van der Waals surface area contributed by atoms with Gasteiger partial charge < -0.3 is 15.5 Å². The second kappa shape index (κ2) is 9.69. The van der Waals surface area contributed by atoms with Crippen LogP contribution in [0.4, 0.5) is 0 Å². The molecule has 1 heterocycles. The number of carbonyl (C=O) groups is 1. The zero-order valence-corrected chi connectivity index (χ0v) is 21.0. The van der Waals surface area contributed by atoms with Gasteiger partial charge in [0, 0.05) is 37.7 Å². The summed E-state index contributed by atoms with van der Waals surface area (Å²) in [7, 11) is 0. The van der Waals surface area contributed by atoms with Crippen molar-refractivity contribution < 1.29 is 9.53 Å². The SMILES string of the molecule is Cc1[nH]c2ccc(CC(C)(N)C3CCCCC3)cc2c1C(=O)OC(C)c1c(Cl)cccc1Cl. The van der Waals surface area contributed by atoms with Crippen molar-refractivity contribution in [2.45, 2.75) is 70.9 Å². The number of aromatic nitrogens is 1. The molecule has 0 radical (unpaired) electrons. The zero-order chi connectivity index (χ0) is 23.8. The molecule has 2 aromatic carbocycles. The van der Waals surface area contributed by atoms with Gasteiger partial charge >= 0.3 is 5.97 Å². The topological polar surface area (TPSA) is 68.1 Å². The average molecular weight is 487 g/mol. The lowest BCUT2D eigenvalue weighted by Crippen LogP contribution is -2.47. The van der Waals surface area contributed by atoms with Crippen LogP contribution in [-0.4, -0.2) is 16.5 Å². The maximum atomic E-state index is 13.2. The van der Waals surface area contributed by atoms with E-state index in [1.807, 2.05) is 13.0 Å². The molecule has 0 aliphatic heterocycles. The highest BCUT2D eigenvalue weighted by molar-refractivity contribution is 6.36. The molecule has 3 N–H and O–H groups in total. The van der Waals surface area contributed by atoms with E-state index < -0.39 is 12.1 Å². The van der Waals surface area contributed by atoms with Crippen LogP contribution < -0.4 is 5.73 Å². The molecule has 2 unspecified atom stereocenters. The molecule has 1 saturated carbocycles. The number of ether oxygens (including phenoxy) is 1. The summed E-state index contributed by atoms with van der Waals surface area (Å²) in [4.78, 5) is 16.6. The summed E-state index contributed by atoms with van der Waals surface area (Å²) in [5, 5.41) is 1.81. The first kappa shape index (κ1) is 24.1. The largest absolute Gasteiger partial charge is 0.454 e. The Morgan fingerprint density at radius 1 is 1.18 bits per heavy atom. The first-order valence-electron chi connectivity index (χ1n) is 11.7. The number of hydrogen-bond donors (Lipinski definition) is 2. The van der Waals surface area contributed by atoms with Gasteiger partial charge in [0.2, 0.25) is 0 Å². The van der Waals surface area contributed by atoms with E-state index in [9.17, 15) is 4.79 Å². The summed E-state index contributed by atoms with van der Waals surface area (Å²) in [5.74, 6) is 0.128. The fourth-order valence-corrected chi connectivity index (χ4v) is 5.98. The van der Waals surface area contributed by atoms with Gasteiger partial charge in [-0.2, -0.15) is 0 Å². The van der Waals surface area contributed by atoms with Gasteiger partial charge in [0.25, 0.3) is 0 Å². The van der Waals surface area contributed by atoms with Crippen LogP contribution in [0.25, 0.3) is 10.9 Å². The third kappa shape index (κ3) is 5.08. The lowest BCUT2D eigenvalue weighted by molar-refractivity contribution is 0.0340. The van der Waals surface area contributed by atoms with Crippen LogP contribution in [-0.2, 0) is 11.2 Å². The summed E-state index contributed by atoms with van der Waals surface area (Å²) >= 11 is 12.6. The number of nitrogens with one attached hydrogen (secondary N) is 1. The monoisotopic (exact) mass is 486 g/mol. The molecule has 6 heteroatoms. The van der Waals surface area contributed by atoms with Crippen molar-refractivity contribution in [1.29, 1.82) is 0 Å². The highest BCUT2D eigenvalue weighted by atomic mass is 35.5. The van der Waals surface area contributed by atoms with Crippen LogP contribution in [0.5, 0.6) is 0 Å². The molecule has 0 saturated heterocycles. The lowest BCUT2D eigenvalue weighted by Gasteiger charge is -2.37. The van der Waals surface area contributed by atoms with E-state index in [0.717, 1.165) is 28.6 Å².